The average molecular weight is 605 g/mol. The van der Waals surface area contributed by atoms with E-state index in [1.807, 2.05) is 24.3 Å². The summed E-state index contributed by atoms with van der Waals surface area (Å²) in [6.07, 6.45) is 4.95. The zero-order valence-electron chi connectivity index (χ0n) is 19.5. The van der Waals surface area contributed by atoms with Crippen LogP contribution in [0.1, 0.15) is 38.2 Å². The summed E-state index contributed by atoms with van der Waals surface area (Å²) in [5, 5.41) is 3.51. The van der Waals surface area contributed by atoms with E-state index in [4.69, 9.17) is 23.2 Å². The van der Waals surface area contributed by atoms with E-state index in [1.165, 1.54) is 23.1 Å². The maximum atomic E-state index is 13.6. The molecule has 2 amide bonds. The number of halogens is 3. The van der Waals surface area contributed by atoms with Gasteiger partial charge in [-0.3, -0.25) is 13.9 Å². The molecule has 0 bridgehead atoms. The van der Waals surface area contributed by atoms with E-state index in [0.29, 0.717) is 0 Å². The third kappa shape index (κ3) is 7.84. The molecule has 7 nitrogen and oxygen atoms in total. The van der Waals surface area contributed by atoms with Gasteiger partial charge >= 0.3 is 0 Å². The molecule has 1 aliphatic carbocycles. The van der Waals surface area contributed by atoms with Crippen LogP contribution in [0.15, 0.2) is 46.9 Å². The molecular formula is C24H28BrCl2N3O4S. The first-order valence-electron chi connectivity index (χ1n) is 11.2. The Kier molecular flexibility index (Phi) is 9.48. The number of amides is 2. The molecule has 35 heavy (non-hydrogen) atoms. The molecule has 1 saturated carbocycles. The molecule has 2 aromatic carbocycles. The highest BCUT2D eigenvalue weighted by Gasteiger charge is 2.31. The molecule has 1 unspecified atom stereocenters. The molecule has 0 saturated heterocycles. The Morgan fingerprint density at radius 1 is 1.11 bits per heavy atom. The van der Waals surface area contributed by atoms with Gasteiger partial charge in [0.1, 0.15) is 12.6 Å². The maximum Gasteiger partial charge on any atom is 0.244 e. The molecule has 11 heteroatoms. The van der Waals surface area contributed by atoms with Crippen LogP contribution in [0.25, 0.3) is 0 Å². The zero-order chi connectivity index (χ0) is 25.8. The summed E-state index contributed by atoms with van der Waals surface area (Å²) >= 11 is 15.6. The van der Waals surface area contributed by atoms with Crippen molar-refractivity contribution in [3.8, 4) is 0 Å². The van der Waals surface area contributed by atoms with Crippen LogP contribution in [-0.4, -0.2) is 50.0 Å². The zero-order valence-corrected chi connectivity index (χ0v) is 23.4. The van der Waals surface area contributed by atoms with Crippen molar-refractivity contribution < 1.29 is 18.0 Å². The lowest BCUT2D eigenvalue weighted by Gasteiger charge is -2.32. The fourth-order valence-electron chi connectivity index (χ4n) is 4.10. The molecular weight excluding hydrogens is 577 g/mol. The maximum absolute atomic E-state index is 13.6. The van der Waals surface area contributed by atoms with Gasteiger partial charge in [0.2, 0.25) is 21.8 Å². The minimum Gasteiger partial charge on any atom is -0.352 e. The minimum atomic E-state index is -3.86. The van der Waals surface area contributed by atoms with Crippen molar-refractivity contribution in [2.75, 3.05) is 17.1 Å². The summed E-state index contributed by atoms with van der Waals surface area (Å²) in [6, 6.07) is 11.0. The molecule has 190 valence electrons. The molecule has 0 heterocycles. The summed E-state index contributed by atoms with van der Waals surface area (Å²) in [5.74, 6) is -0.794. The second kappa shape index (κ2) is 12.0. The monoisotopic (exact) mass is 603 g/mol. The van der Waals surface area contributed by atoms with Gasteiger partial charge in [0.15, 0.2) is 0 Å². The predicted molar refractivity (Wildman–Crippen MR) is 143 cm³/mol. The summed E-state index contributed by atoms with van der Waals surface area (Å²) in [4.78, 5) is 28.0. The molecule has 1 atom stereocenters. The molecule has 0 spiro atoms. The molecule has 1 fully saturated rings. The highest BCUT2D eigenvalue weighted by atomic mass is 79.9. The SMILES string of the molecule is CC(C(=O)NC1CCCC1)N(Cc1cccc(Br)c1)C(=O)CN(c1cc(Cl)cc(Cl)c1)S(C)(=O)=O. The van der Waals surface area contributed by atoms with Crippen LogP contribution in [0.2, 0.25) is 10.0 Å². The van der Waals surface area contributed by atoms with Gasteiger partial charge in [0, 0.05) is 27.1 Å². The van der Waals surface area contributed by atoms with Gasteiger partial charge in [-0.05, 0) is 55.7 Å². The minimum absolute atomic E-state index is 0.0916. The number of nitrogens with zero attached hydrogens (tertiary/aromatic N) is 2. The van der Waals surface area contributed by atoms with Crippen LogP contribution >= 0.6 is 39.1 Å². The summed E-state index contributed by atoms with van der Waals surface area (Å²) < 4.78 is 27.0. The lowest BCUT2D eigenvalue weighted by Crippen LogP contribution is -2.52. The summed E-state index contributed by atoms with van der Waals surface area (Å²) in [7, 11) is -3.86. The van der Waals surface area contributed by atoms with Gasteiger partial charge < -0.3 is 10.2 Å². The lowest BCUT2D eigenvalue weighted by atomic mass is 10.1. The standard InChI is InChI=1S/C24H28BrCl2N3O4S/c1-16(24(32)28-21-8-3-4-9-21)29(14-17-6-5-7-18(25)10-17)23(31)15-30(35(2,33)34)22-12-19(26)11-20(27)13-22/h5-7,10-13,16,21H,3-4,8-9,14-15H2,1-2H3,(H,28,32). The Bertz CT molecular complexity index is 1170. The van der Waals surface area contributed by atoms with Gasteiger partial charge in [-0.1, -0.05) is 64.1 Å². The Morgan fingerprint density at radius 3 is 2.31 bits per heavy atom. The Hall–Kier alpha value is -1.81. The van der Waals surface area contributed by atoms with E-state index >= 15 is 0 Å². The van der Waals surface area contributed by atoms with Crippen LogP contribution < -0.4 is 9.62 Å². The third-order valence-corrected chi connectivity index (χ3v) is 8.00. The number of anilines is 1. The van der Waals surface area contributed by atoms with Crippen LogP contribution in [0, 0.1) is 0 Å². The van der Waals surface area contributed by atoms with Crippen molar-refractivity contribution in [2.45, 2.75) is 51.2 Å². The van der Waals surface area contributed by atoms with E-state index in [2.05, 4.69) is 21.2 Å². The fourth-order valence-corrected chi connectivity index (χ4v) is 5.90. The van der Waals surface area contributed by atoms with Crippen LogP contribution in [0.5, 0.6) is 0 Å². The number of hydrogen-bond acceptors (Lipinski definition) is 4. The van der Waals surface area contributed by atoms with Crippen molar-refractivity contribution in [2.24, 2.45) is 0 Å². The van der Waals surface area contributed by atoms with Gasteiger partial charge in [0.25, 0.3) is 0 Å². The Labute approximate surface area is 224 Å². The predicted octanol–water partition coefficient (Wildman–Crippen LogP) is 5.00. The van der Waals surface area contributed by atoms with Gasteiger partial charge in [-0.25, -0.2) is 8.42 Å². The van der Waals surface area contributed by atoms with Gasteiger partial charge in [0.05, 0.1) is 11.9 Å². The van der Waals surface area contributed by atoms with Gasteiger partial charge in [-0.15, -0.1) is 0 Å². The molecule has 1 N–H and O–H groups in total. The number of rotatable bonds is 9. The fraction of sp³-hybridized carbons (Fsp3) is 0.417. The molecule has 2 aromatic rings. The van der Waals surface area contributed by atoms with Crippen molar-refractivity contribution in [1.29, 1.82) is 0 Å². The van der Waals surface area contributed by atoms with E-state index in [-0.39, 0.29) is 34.2 Å². The highest BCUT2D eigenvalue weighted by Crippen LogP contribution is 2.27. The number of nitrogens with one attached hydrogen (secondary N) is 1. The smallest absolute Gasteiger partial charge is 0.244 e. The van der Waals surface area contributed by atoms with E-state index in [9.17, 15) is 18.0 Å². The van der Waals surface area contributed by atoms with Gasteiger partial charge in [-0.2, -0.15) is 0 Å². The summed E-state index contributed by atoms with van der Waals surface area (Å²) in [6.45, 7) is 1.27. The largest absolute Gasteiger partial charge is 0.352 e. The number of sulfonamides is 1. The second-order valence-corrected chi connectivity index (χ2v) is 12.4. The number of benzene rings is 2. The average Bonchev–Trinajstić information content (AvgIpc) is 3.26. The topological polar surface area (TPSA) is 86.8 Å². The van der Waals surface area contributed by atoms with Crippen LogP contribution in [0.3, 0.4) is 0 Å². The van der Waals surface area contributed by atoms with E-state index in [1.54, 1.807) is 6.92 Å². The van der Waals surface area contributed by atoms with Crippen molar-refractivity contribution in [1.82, 2.24) is 10.2 Å². The molecule has 3 rings (SSSR count). The normalized spacial score (nSPS) is 15.0. The first-order chi connectivity index (χ1) is 16.4. The van der Waals surface area contributed by atoms with Crippen molar-refractivity contribution >= 4 is 66.7 Å². The lowest BCUT2D eigenvalue weighted by molar-refractivity contribution is -0.139. The Morgan fingerprint density at radius 2 is 1.74 bits per heavy atom. The van der Waals surface area contributed by atoms with Crippen LogP contribution in [-0.2, 0) is 26.2 Å². The first-order valence-corrected chi connectivity index (χ1v) is 14.6. The third-order valence-electron chi connectivity index (χ3n) is 5.93. The first kappa shape index (κ1) is 27.8. The molecule has 0 aromatic heterocycles. The second-order valence-electron chi connectivity index (χ2n) is 8.71. The number of hydrogen-bond donors (Lipinski definition) is 1. The molecule has 1 aliphatic rings. The quantitative estimate of drug-likeness (QED) is 0.436. The highest BCUT2D eigenvalue weighted by molar-refractivity contribution is 9.10. The summed E-state index contributed by atoms with van der Waals surface area (Å²) in [5.41, 5.74) is 0.966. The number of carbonyl (C=O) groups is 2. The number of carbonyl (C=O) groups excluding carboxylic acids is 2. The van der Waals surface area contributed by atoms with E-state index < -0.39 is 28.5 Å². The molecule has 0 radical (unpaired) electrons. The van der Waals surface area contributed by atoms with Crippen molar-refractivity contribution in [3.63, 3.8) is 0 Å². The van der Waals surface area contributed by atoms with Crippen LogP contribution in [0.4, 0.5) is 5.69 Å². The Balaban J connectivity index is 1.90. The van der Waals surface area contributed by atoms with E-state index in [0.717, 1.165) is 46.3 Å². The van der Waals surface area contributed by atoms with Crippen molar-refractivity contribution in [3.05, 3.63) is 62.5 Å². The molecule has 0 aliphatic heterocycles.